The number of fused-ring (bicyclic) bond motifs is 1. The topological polar surface area (TPSA) is 61.2 Å². The molecule has 0 bridgehead atoms. The Morgan fingerprint density at radius 3 is 2.40 bits per heavy atom. The number of aromatic amines is 1. The summed E-state index contributed by atoms with van der Waals surface area (Å²) < 4.78 is 5.22. The Labute approximate surface area is 147 Å². The van der Waals surface area contributed by atoms with E-state index in [0.717, 1.165) is 39.3 Å². The highest BCUT2D eigenvalue weighted by molar-refractivity contribution is 5.84. The Hall–Kier alpha value is -2.18. The minimum Gasteiger partial charge on any atom is -0.357 e. The maximum absolute atomic E-state index is 5.22. The van der Waals surface area contributed by atoms with Crippen molar-refractivity contribution in [3.05, 3.63) is 46.7 Å². The lowest BCUT2D eigenvalue weighted by Gasteiger charge is -2.33. The predicted molar refractivity (Wildman–Crippen MR) is 97.4 cm³/mol. The van der Waals surface area contributed by atoms with E-state index in [1.165, 1.54) is 27.7 Å². The van der Waals surface area contributed by atoms with Crippen LogP contribution in [0, 0.1) is 20.8 Å². The van der Waals surface area contributed by atoms with E-state index in [2.05, 4.69) is 57.0 Å². The van der Waals surface area contributed by atoms with Gasteiger partial charge in [-0.2, -0.15) is 4.98 Å². The lowest BCUT2D eigenvalue weighted by Crippen LogP contribution is -2.45. The molecule has 1 aliphatic rings. The molecule has 6 heteroatoms. The van der Waals surface area contributed by atoms with Crippen LogP contribution in [-0.4, -0.2) is 51.1 Å². The van der Waals surface area contributed by atoms with E-state index < -0.39 is 0 Å². The number of hydrogen-bond acceptors (Lipinski definition) is 5. The number of aryl methyl sites for hydroxylation is 3. The first-order valence-corrected chi connectivity index (χ1v) is 8.89. The van der Waals surface area contributed by atoms with Gasteiger partial charge >= 0.3 is 0 Å². The van der Waals surface area contributed by atoms with Gasteiger partial charge in [-0.05, 0) is 44.0 Å². The van der Waals surface area contributed by atoms with Crippen molar-refractivity contribution in [2.24, 2.45) is 0 Å². The van der Waals surface area contributed by atoms with Gasteiger partial charge in [-0.3, -0.25) is 9.80 Å². The standard InChI is InChI=1S/C19H25N5O/c1-13-8-14(2)17-10-16(21-18(17)9-13)11-23-4-6-24(7-5-23)12-19-20-15(3)22-25-19/h8-10,21H,4-7,11-12H2,1-3H3. The zero-order chi connectivity index (χ0) is 17.4. The van der Waals surface area contributed by atoms with Crippen LogP contribution in [0.1, 0.15) is 28.5 Å². The van der Waals surface area contributed by atoms with Crippen LogP contribution in [0.2, 0.25) is 0 Å². The van der Waals surface area contributed by atoms with E-state index in [1.807, 2.05) is 6.92 Å². The van der Waals surface area contributed by atoms with Gasteiger partial charge in [-0.1, -0.05) is 11.2 Å². The van der Waals surface area contributed by atoms with Gasteiger partial charge in [0.2, 0.25) is 5.89 Å². The third-order valence-corrected chi connectivity index (χ3v) is 4.93. The zero-order valence-electron chi connectivity index (χ0n) is 15.2. The Morgan fingerprint density at radius 1 is 1.00 bits per heavy atom. The van der Waals surface area contributed by atoms with Crippen molar-refractivity contribution in [3.63, 3.8) is 0 Å². The average Bonchev–Trinajstić information content (AvgIpc) is 3.15. The van der Waals surface area contributed by atoms with Crippen LogP contribution in [0.25, 0.3) is 10.9 Å². The third-order valence-electron chi connectivity index (χ3n) is 4.93. The summed E-state index contributed by atoms with van der Waals surface area (Å²) in [4.78, 5) is 12.8. The molecule has 4 rings (SSSR count). The number of nitrogens with zero attached hydrogens (tertiary/aromatic N) is 4. The van der Waals surface area contributed by atoms with Gasteiger partial charge in [0.05, 0.1) is 6.54 Å². The van der Waals surface area contributed by atoms with Crippen molar-refractivity contribution in [2.45, 2.75) is 33.9 Å². The monoisotopic (exact) mass is 339 g/mol. The number of benzene rings is 1. The maximum atomic E-state index is 5.22. The molecule has 0 atom stereocenters. The fourth-order valence-corrected chi connectivity index (χ4v) is 3.68. The summed E-state index contributed by atoms with van der Waals surface area (Å²) in [6.07, 6.45) is 0. The Kier molecular flexibility index (Phi) is 4.31. The first-order valence-electron chi connectivity index (χ1n) is 8.89. The van der Waals surface area contributed by atoms with Crippen molar-refractivity contribution in [2.75, 3.05) is 26.2 Å². The van der Waals surface area contributed by atoms with Gasteiger partial charge in [0.25, 0.3) is 0 Å². The maximum Gasteiger partial charge on any atom is 0.240 e. The molecule has 1 saturated heterocycles. The Balaban J connectivity index is 1.36. The molecule has 1 N–H and O–H groups in total. The van der Waals surface area contributed by atoms with Crippen LogP contribution in [0.4, 0.5) is 0 Å². The van der Waals surface area contributed by atoms with E-state index in [4.69, 9.17) is 4.52 Å². The van der Waals surface area contributed by atoms with E-state index in [9.17, 15) is 0 Å². The van der Waals surface area contributed by atoms with Crippen molar-refractivity contribution in [3.8, 4) is 0 Å². The molecule has 132 valence electrons. The average molecular weight is 339 g/mol. The lowest BCUT2D eigenvalue weighted by atomic mass is 10.1. The second-order valence-corrected chi connectivity index (χ2v) is 7.13. The summed E-state index contributed by atoms with van der Waals surface area (Å²) in [6, 6.07) is 6.78. The first-order chi connectivity index (χ1) is 12.1. The van der Waals surface area contributed by atoms with Crippen LogP contribution in [0.5, 0.6) is 0 Å². The van der Waals surface area contributed by atoms with Crippen molar-refractivity contribution in [1.29, 1.82) is 0 Å². The van der Waals surface area contributed by atoms with Crippen LogP contribution < -0.4 is 0 Å². The summed E-state index contributed by atoms with van der Waals surface area (Å²) in [5, 5.41) is 5.20. The lowest BCUT2D eigenvalue weighted by molar-refractivity contribution is 0.111. The summed E-state index contributed by atoms with van der Waals surface area (Å²) in [7, 11) is 0. The molecule has 0 amide bonds. The second-order valence-electron chi connectivity index (χ2n) is 7.13. The SMILES string of the molecule is Cc1cc(C)c2cc(CN3CCN(Cc4nc(C)no4)CC3)[nH]c2c1. The van der Waals surface area contributed by atoms with Crippen LogP contribution >= 0.6 is 0 Å². The number of rotatable bonds is 4. The molecule has 0 radical (unpaired) electrons. The van der Waals surface area contributed by atoms with Crippen LogP contribution in [0.15, 0.2) is 22.7 Å². The fraction of sp³-hybridized carbons (Fsp3) is 0.474. The number of hydrogen-bond donors (Lipinski definition) is 1. The second kappa shape index (κ2) is 6.61. The van der Waals surface area contributed by atoms with Gasteiger partial charge in [-0.25, -0.2) is 0 Å². The zero-order valence-corrected chi connectivity index (χ0v) is 15.2. The predicted octanol–water partition coefficient (Wildman–Crippen LogP) is 2.79. The molecular weight excluding hydrogens is 314 g/mol. The highest BCUT2D eigenvalue weighted by Gasteiger charge is 2.19. The van der Waals surface area contributed by atoms with Crippen LogP contribution in [-0.2, 0) is 13.1 Å². The minimum absolute atomic E-state index is 0.706. The molecule has 25 heavy (non-hydrogen) atoms. The van der Waals surface area contributed by atoms with Crippen molar-refractivity contribution in [1.82, 2.24) is 24.9 Å². The smallest absolute Gasteiger partial charge is 0.240 e. The number of nitrogens with one attached hydrogen (secondary N) is 1. The first kappa shape index (κ1) is 16.3. The number of H-pyrrole nitrogens is 1. The van der Waals surface area contributed by atoms with Gasteiger partial charge in [0.15, 0.2) is 5.82 Å². The van der Waals surface area contributed by atoms with E-state index in [0.29, 0.717) is 11.7 Å². The summed E-state index contributed by atoms with van der Waals surface area (Å²) >= 11 is 0. The number of piperazine rings is 1. The highest BCUT2D eigenvalue weighted by Crippen LogP contribution is 2.22. The molecule has 0 spiro atoms. The number of aromatic nitrogens is 3. The van der Waals surface area contributed by atoms with Crippen molar-refractivity contribution < 1.29 is 4.52 Å². The summed E-state index contributed by atoms with van der Waals surface area (Å²) in [5.74, 6) is 1.42. The van der Waals surface area contributed by atoms with E-state index >= 15 is 0 Å². The van der Waals surface area contributed by atoms with Gasteiger partial charge in [-0.15, -0.1) is 0 Å². The normalized spacial score (nSPS) is 16.8. The molecule has 0 aliphatic carbocycles. The summed E-state index contributed by atoms with van der Waals surface area (Å²) in [6.45, 7) is 12.1. The molecule has 0 saturated carbocycles. The molecule has 0 unspecified atom stereocenters. The van der Waals surface area contributed by atoms with Gasteiger partial charge in [0, 0.05) is 49.3 Å². The van der Waals surface area contributed by atoms with E-state index in [-0.39, 0.29) is 0 Å². The fourth-order valence-electron chi connectivity index (χ4n) is 3.68. The van der Waals surface area contributed by atoms with Gasteiger partial charge < -0.3 is 9.51 Å². The molecule has 1 fully saturated rings. The Morgan fingerprint density at radius 2 is 1.72 bits per heavy atom. The quantitative estimate of drug-likeness (QED) is 0.792. The highest BCUT2D eigenvalue weighted by atomic mass is 16.5. The largest absolute Gasteiger partial charge is 0.357 e. The molecule has 3 aromatic rings. The summed E-state index contributed by atoms with van der Waals surface area (Å²) in [5.41, 5.74) is 5.20. The Bertz CT molecular complexity index is 873. The molecule has 6 nitrogen and oxygen atoms in total. The molecule has 1 aromatic carbocycles. The van der Waals surface area contributed by atoms with Crippen LogP contribution in [0.3, 0.4) is 0 Å². The third kappa shape index (κ3) is 3.60. The molecule has 1 aliphatic heterocycles. The van der Waals surface area contributed by atoms with Gasteiger partial charge in [0.1, 0.15) is 0 Å². The molecule has 2 aromatic heterocycles. The minimum atomic E-state index is 0.706. The molecule has 3 heterocycles. The molecular formula is C19H25N5O. The van der Waals surface area contributed by atoms with E-state index in [1.54, 1.807) is 0 Å². The van der Waals surface area contributed by atoms with Crippen molar-refractivity contribution >= 4 is 10.9 Å².